The number of nitrogens with zero attached hydrogens (tertiary/aromatic N) is 2. The van der Waals surface area contributed by atoms with Crippen LogP contribution in [-0.2, 0) is 33.9 Å². The highest BCUT2D eigenvalue weighted by Gasteiger charge is 2.40. The second-order valence-electron chi connectivity index (χ2n) is 9.82. The first-order valence-electron chi connectivity index (χ1n) is 13.0. The average molecular weight is 511 g/mol. The van der Waals surface area contributed by atoms with Crippen LogP contribution in [0.15, 0.2) is 72.8 Å². The number of aliphatic carboxylic acids is 1. The van der Waals surface area contributed by atoms with E-state index in [2.05, 4.69) is 6.07 Å². The van der Waals surface area contributed by atoms with Crippen LogP contribution in [0.1, 0.15) is 59.6 Å². The quantitative estimate of drug-likeness (QED) is 0.449. The van der Waals surface area contributed by atoms with Gasteiger partial charge in [-0.3, -0.25) is 4.79 Å². The molecular weight excluding hydrogens is 480 g/mol. The number of hydrogen-bond donors (Lipinski definition) is 1. The highest BCUT2D eigenvalue weighted by Crippen LogP contribution is 2.37. The second kappa shape index (κ2) is 11.5. The molecule has 0 radical (unpaired) electrons. The predicted molar refractivity (Wildman–Crippen MR) is 140 cm³/mol. The van der Waals surface area contributed by atoms with Crippen LogP contribution in [0, 0.1) is 11.3 Å². The molecule has 1 fully saturated rings. The van der Waals surface area contributed by atoms with E-state index < -0.39 is 18.1 Å². The Kier molecular flexibility index (Phi) is 7.71. The molecule has 38 heavy (non-hydrogen) atoms. The third kappa shape index (κ3) is 5.41. The van der Waals surface area contributed by atoms with Crippen LogP contribution in [0.3, 0.4) is 0 Å². The van der Waals surface area contributed by atoms with Gasteiger partial charge in [-0.2, -0.15) is 5.26 Å². The summed E-state index contributed by atoms with van der Waals surface area (Å²) in [5.74, 6) is -1.08. The molecule has 194 valence electrons. The van der Waals surface area contributed by atoms with Gasteiger partial charge in [0.25, 0.3) is 5.91 Å². The van der Waals surface area contributed by atoms with E-state index in [1.165, 1.54) is 4.90 Å². The molecule has 1 aliphatic carbocycles. The van der Waals surface area contributed by atoms with Crippen LogP contribution in [0.4, 0.5) is 0 Å². The fraction of sp³-hybridized carbons (Fsp3) is 0.323. The van der Waals surface area contributed by atoms with E-state index in [-0.39, 0.29) is 31.6 Å². The number of ether oxygens (including phenoxy) is 2. The Labute approximate surface area is 222 Å². The maximum atomic E-state index is 14.0. The lowest BCUT2D eigenvalue weighted by atomic mass is 9.90. The number of carbonyl (C=O) groups excluding carboxylic acids is 1. The Morgan fingerprint density at radius 2 is 1.68 bits per heavy atom. The average Bonchev–Trinajstić information content (AvgIpc) is 3.48. The highest BCUT2D eigenvalue weighted by molar-refractivity contribution is 5.88. The highest BCUT2D eigenvalue weighted by atomic mass is 16.5. The minimum absolute atomic E-state index is 0.0271. The van der Waals surface area contributed by atoms with E-state index in [9.17, 15) is 20.0 Å². The van der Waals surface area contributed by atoms with Gasteiger partial charge in [-0.05, 0) is 35.6 Å². The molecule has 2 aliphatic rings. The lowest BCUT2D eigenvalue weighted by molar-refractivity contribution is -0.160. The topological polar surface area (TPSA) is 99.9 Å². The number of carboxylic acids is 1. The molecule has 2 atom stereocenters. The molecule has 5 rings (SSSR count). The number of hydrogen-bond acceptors (Lipinski definition) is 5. The molecule has 3 aromatic rings. The largest absolute Gasteiger partial charge is 0.487 e. The Balaban J connectivity index is 1.46. The van der Waals surface area contributed by atoms with Gasteiger partial charge in [0.1, 0.15) is 24.5 Å². The van der Waals surface area contributed by atoms with Crippen molar-refractivity contribution in [3.05, 3.63) is 101 Å². The number of carboxylic acid groups (broad SMARTS) is 1. The van der Waals surface area contributed by atoms with Crippen molar-refractivity contribution in [2.45, 2.75) is 63.5 Å². The van der Waals surface area contributed by atoms with Crippen molar-refractivity contribution in [1.29, 1.82) is 5.26 Å². The molecule has 1 N–H and O–H groups in total. The van der Waals surface area contributed by atoms with Crippen molar-refractivity contribution in [2.24, 2.45) is 0 Å². The fourth-order valence-electron chi connectivity index (χ4n) is 5.35. The van der Waals surface area contributed by atoms with E-state index >= 15 is 0 Å². The van der Waals surface area contributed by atoms with Crippen molar-refractivity contribution in [3.8, 4) is 11.8 Å². The summed E-state index contributed by atoms with van der Waals surface area (Å²) in [5.41, 5.74) is 3.42. The number of amides is 1. The SMILES string of the molecule is N#Cc1ccc2c(c1OCc1ccccc1)C[C@H](C(=O)O)N(C(=O)[C@@H](OC1CCCC1)c1ccccc1)C2. The van der Waals surface area contributed by atoms with Gasteiger partial charge in [-0.1, -0.05) is 79.6 Å². The summed E-state index contributed by atoms with van der Waals surface area (Å²) < 4.78 is 12.4. The van der Waals surface area contributed by atoms with E-state index in [1.54, 1.807) is 12.1 Å². The maximum absolute atomic E-state index is 14.0. The van der Waals surface area contributed by atoms with Gasteiger partial charge in [0.15, 0.2) is 6.10 Å². The van der Waals surface area contributed by atoms with E-state index in [0.717, 1.165) is 36.8 Å². The Morgan fingerprint density at radius 1 is 1.00 bits per heavy atom. The summed E-state index contributed by atoms with van der Waals surface area (Å²) in [4.78, 5) is 27.9. The summed E-state index contributed by atoms with van der Waals surface area (Å²) >= 11 is 0. The molecule has 1 saturated carbocycles. The predicted octanol–water partition coefficient (Wildman–Crippen LogP) is 5.18. The van der Waals surface area contributed by atoms with Crippen molar-refractivity contribution >= 4 is 11.9 Å². The summed E-state index contributed by atoms with van der Waals surface area (Å²) in [7, 11) is 0. The fourth-order valence-corrected chi connectivity index (χ4v) is 5.35. The van der Waals surface area contributed by atoms with Crippen molar-refractivity contribution in [3.63, 3.8) is 0 Å². The molecule has 3 aromatic carbocycles. The Morgan fingerprint density at radius 3 is 2.34 bits per heavy atom. The Bertz CT molecular complexity index is 1330. The van der Waals surface area contributed by atoms with Crippen molar-refractivity contribution < 1.29 is 24.2 Å². The first kappa shape index (κ1) is 25.5. The summed E-state index contributed by atoms with van der Waals surface area (Å²) in [6.07, 6.45) is 3.03. The molecule has 0 spiro atoms. The number of carbonyl (C=O) groups is 2. The van der Waals surface area contributed by atoms with Crippen LogP contribution in [0.5, 0.6) is 5.75 Å². The smallest absolute Gasteiger partial charge is 0.326 e. The lowest BCUT2D eigenvalue weighted by Gasteiger charge is -2.37. The maximum Gasteiger partial charge on any atom is 0.326 e. The molecule has 0 unspecified atom stereocenters. The van der Waals surface area contributed by atoms with Crippen LogP contribution < -0.4 is 4.74 Å². The molecule has 0 saturated heterocycles. The van der Waals surface area contributed by atoms with Gasteiger partial charge in [-0.15, -0.1) is 0 Å². The van der Waals surface area contributed by atoms with Crippen LogP contribution in [0.2, 0.25) is 0 Å². The molecule has 1 amide bonds. The summed E-state index contributed by atoms with van der Waals surface area (Å²) in [6.45, 7) is 0.341. The monoisotopic (exact) mass is 510 g/mol. The number of nitriles is 1. The van der Waals surface area contributed by atoms with Gasteiger partial charge >= 0.3 is 5.97 Å². The third-order valence-electron chi connectivity index (χ3n) is 7.34. The van der Waals surface area contributed by atoms with Crippen LogP contribution >= 0.6 is 0 Å². The summed E-state index contributed by atoms with van der Waals surface area (Å²) in [6, 6.07) is 23.4. The van der Waals surface area contributed by atoms with Crippen molar-refractivity contribution in [2.75, 3.05) is 0 Å². The van der Waals surface area contributed by atoms with Crippen molar-refractivity contribution in [1.82, 2.24) is 4.90 Å². The van der Waals surface area contributed by atoms with E-state index in [1.807, 2.05) is 60.7 Å². The second-order valence-corrected chi connectivity index (χ2v) is 9.82. The lowest BCUT2D eigenvalue weighted by Crippen LogP contribution is -2.50. The van der Waals surface area contributed by atoms with E-state index in [0.29, 0.717) is 22.4 Å². The molecule has 7 heteroatoms. The zero-order valence-electron chi connectivity index (χ0n) is 21.1. The number of rotatable bonds is 8. The van der Waals surface area contributed by atoms with Gasteiger partial charge in [-0.25, -0.2) is 4.79 Å². The third-order valence-corrected chi connectivity index (χ3v) is 7.34. The molecule has 7 nitrogen and oxygen atoms in total. The van der Waals surface area contributed by atoms with Gasteiger partial charge in [0.2, 0.25) is 0 Å². The first-order chi connectivity index (χ1) is 18.5. The molecule has 1 heterocycles. The Hall–Kier alpha value is -4.15. The normalized spacial score (nSPS) is 17.9. The number of benzene rings is 3. The zero-order valence-corrected chi connectivity index (χ0v) is 21.1. The summed E-state index contributed by atoms with van der Waals surface area (Å²) in [5, 5.41) is 19.9. The zero-order chi connectivity index (χ0) is 26.5. The molecular formula is C31H30N2O5. The van der Waals surface area contributed by atoms with Crippen LogP contribution in [0.25, 0.3) is 0 Å². The van der Waals surface area contributed by atoms with Crippen LogP contribution in [-0.4, -0.2) is 34.0 Å². The first-order valence-corrected chi connectivity index (χ1v) is 13.0. The standard InChI is InChI=1S/C31H30N2O5/c32-18-23-15-16-24-19-33(30(34)29(22-11-5-2-6-12-22)38-25-13-7-8-14-25)27(31(35)36)17-26(24)28(23)37-20-21-9-3-1-4-10-21/h1-6,9-12,15-16,25,27,29H,7-8,13-14,17,19-20H2,(H,35,36)/t27-,29+/m1/s1. The van der Waals surface area contributed by atoms with Gasteiger partial charge in [0, 0.05) is 18.5 Å². The minimum Gasteiger partial charge on any atom is -0.487 e. The molecule has 0 bridgehead atoms. The van der Waals surface area contributed by atoms with Gasteiger partial charge < -0.3 is 19.5 Å². The molecule has 0 aromatic heterocycles. The van der Waals surface area contributed by atoms with Gasteiger partial charge in [0.05, 0.1) is 11.7 Å². The minimum atomic E-state index is -1.11. The molecule has 1 aliphatic heterocycles. The van der Waals surface area contributed by atoms with E-state index in [4.69, 9.17) is 9.47 Å². The number of fused-ring (bicyclic) bond motifs is 1.